The zero-order valence-electron chi connectivity index (χ0n) is 7.05. The highest BCUT2D eigenvalue weighted by atomic mass is 79.9. The Hall–Kier alpha value is -0.240. The van der Waals surface area contributed by atoms with E-state index in [1.807, 2.05) is 6.26 Å². The van der Waals surface area contributed by atoms with Gasteiger partial charge in [-0.05, 0) is 46.3 Å². The highest BCUT2D eigenvalue weighted by Gasteiger charge is 2.16. The molecule has 1 saturated carbocycles. The molecule has 1 aliphatic rings. The minimum atomic E-state index is 0.758. The van der Waals surface area contributed by atoms with Crippen LogP contribution in [0.3, 0.4) is 0 Å². The largest absolute Gasteiger partial charge is 0.457 e. The fourth-order valence-electron chi connectivity index (χ4n) is 1.97. The van der Waals surface area contributed by atoms with E-state index in [0.717, 1.165) is 10.6 Å². The second-order valence-electron chi connectivity index (χ2n) is 3.52. The van der Waals surface area contributed by atoms with Crippen molar-refractivity contribution in [1.29, 1.82) is 0 Å². The summed E-state index contributed by atoms with van der Waals surface area (Å²) < 4.78 is 6.10. The van der Waals surface area contributed by atoms with Crippen molar-refractivity contribution in [3.63, 3.8) is 0 Å². The molecule has 1 nitrogen and oxygen atoms in total. The first-order valence-corrected chi connectivity index (χ1v) is 5.39. The normalized spacial score (nSPS) is 19.8. The van der Waals surface area contributed by atoms with E-state index in [0.29, 0.717) is 0 Å². The van der Waals surface area contributed by atoms with Crippen LogP contribution >= 0.6 is 15.9 Å². The number of furan rings is 1. The lowest BCUT2D eigenvalue weighted by atomic mass is 9.85. The van der Waals surface area contributed by atoms with Crippen molar-refractivity contribution in [3.05, 3.63) is 22.6 Å². The topological polar surface area (TPSA) is 13.1 Å². The van der Waals surface area contributed by atoms with Crippen molar-refractivity contribution in [2.75, 3.05) is 0 Å². The Morgan fingerprint density at radius 2 is 2.00 bits per heavy atom. The minimum Gasteiger partial charge on any atom is -0.457 e. The molecule has 2 rings (SSSR count). The summed E-state index contributed by atoms with van der Waals surface area (Å²) >= 11 is 3.33. The van der Waals surface area contributed by atoms with Crippen molar-refractivity contribution in [2.24, 2.45) is 0 Å². The van der Waals surface area contributed by atoms with Gasteiger partial charge in [-0.2, -0.15) is 0 Å². The van der Waals surface area contributed by atoms with E-state index in [9.17, 15) is 0 Å². The van der Waals surface area contributed by atoms with Crippen molar-refractivity contribution in [1.82, 2.24) is 0 Å². The van der Waals surface area contributed by atoms with Gasteiger partial charge >= 0.3 is 0 Å². The lowest BCUT2D eigenvalue weighted by Crippen LogP contribution is -2.02. The zero-order valence-corrected chi connectivity index (χ0v) is 8.64. The summed E-state index contributed by atoms with van der Waals surface area (Å²) in [6.45, 7) is 0. The molecule has 0 unspecified atom stereocenters. The molecule has 0 radical (unpaired) electrons. The summed E-state index contributed by atoms with van der Waals surface area (Å²) in [6.07, 6.45) is 8.74. The van der Waals surface area contributed by atoms with Crippen molar-refractivity contribution >= 4 is 15.9 Å². The van der Waals surface area contributed by atoms with Gasteiger partial charge in [-0.3, -0.25) is 0 Å². The van der Waals surface area contributed by atoms with Gasteiger partial charge in [0.2, 0.25) is 0 Å². The summed E-state index contributed by atoms with van der Waals surface area (Å²) in [5, 5.41) is 0. The first-order chi connectivity index (χ1) is 5.86. The molecule has 1 aromatic rings. The predicted octanol–water partition coefficient (Wildman–Crippen LogP) is 4.09. The van der Waals surface area contributed by atoms with Gasteiger partial charge < -0.3 is 4.42 Å². The molecule has 0 N–H and O–H groups in total. The Morgan fingerprint density at radius 3 is 2.58 bits per heavy atom. The molecular formula is C10H13BrO. The molecule has 0 atom stereocenters. The van der Waals surface area contributed by atoms with Gasteiger partial charge in [-0.1, -0.05) is 19.3 Å². The van der Waals surface area contributed by atoms with E-state index >= 15 is 0 Å². The van der Waals surface area contributed by atoms with Crippen molar-refractivity contribution in [3.8, 4) is 0 Å². The van der Waals surface area contributed by atoms with Crippen LogP contribution in [-0.2, 0) is 0 Å². The molecule has 1 fully saturated rings. The van der Waals surface area contributed by atoms with E-state index in [2.05, 4.69) is 22.0 Å². The molecule has 1 aromatic heterocycles. The van der Waals surface area contributed by atoms with Crippen LogP contribution in [-0.4, -0.2) is 0 Å². The quantitative estimate of drug-likeness (QED) is 0.706. The number of hydrogen-bond donors (Lipinski definition) is 0. The second-order valence-corrected chi connectivity index (χ2v) is 4.30. The predicted molar refractivity (Wildman–Crippen MR) is 52.2 cm³/mol. The average molecular weight is 229 g/mol. The summed E-state index contributed by atoms with van der Waals surface area (Å²) in [4.78, 5) is 0. The van der Waals surface area contributed by atoms with Gasteiger partial charge in [0.05, 0.1) is 6.26 Å². The van der Waals surface area contributed by atoms with Crippen LogP contribution in [0.5, 0.6) is 0 Å². The lowest BCUT2D eigenvalue weighted by molar-refractivity contribution is 0.438. The fourth-order valence-corrected chi connectivity index (χ4v) is 2.33. The zero-order chi connectivity index (χ0) is 8.39. The first kappa shape index (κ1) is 8.36. The second kappa shape index (κ2) is 3.65. The van der Waals surface area contributed by atoms with Crippen LogP contribution in [0.15, 0.2) is 21.4 Å². The minimum absolute atomic E-state index is 0.758. The third-order valence-electron chi connectivity index (χ3n) is 2.66. The third kappa shape index (κ3) is 1.74. The summed E-state index contributed by atoms with van der Waals surface area (Å²) in [6, 6.07) is 2.11. The van der Waals surface area contributed by atoms with E-state index in [4.69, 9.17) is 4.42 Å². The van der Waals surface area contributed by atoms with E-state index < -0.39 is 0 Å². The maximum Gasteiger partial charge on any atom is 0.169 e. The molecule has 1 heterocycles. The van der Waals surface area contributed by atoms with Crippen LogP contribution < -0.4 is 0 Å². The average Bonchev–Trinajstić information content (AvgIpc) is 2.54. The highest BCUT2D eigenvalue weighted by Crippen LogP contribution is 2.34. The van der Waals surface area contributed by atoms with Crippen LogP contribution in [0.2, 0.25) is 0 Å². The Balaban J connectivity index is 2.08. The number of hydrogen-bond acceptors (Lipinski definition) is 1. The molecule has 0 aromatic carbocycles. The smallest absolute Gasteiger partial charge is 0.169 e. The molecule has 0 spiro atoms. The molecular weight excluding hydrogens is 216 g/mol. The van der Waals surface area contributed by atoms with Gasteiger partial charge in [0.15, 0.2) is 4.67 Å². The van der Waals surface area contributed by atoms with Crippen LogP contribution in [0.25, 0.3) is 0 Å². The standard InChI is InChI=1S/C10H13BrO/c11-10-6-9(7-12-10)8-4-2-1-3-5-8/h6-8H,1-5H2. The van der Waals surface area contributed by atoms with E-state index in [-0.39, 0.29) is 0 Å². The lowest BCUT2D eigenvalue weighted by Gasteiger charge is -2.19. The number of halogens is 1. The molecule has 0 aliphatic heterocycles. The molecule has 0 bridgehead atoms. The summed E-state index contributed by atoms with van der Waals surface area (Å²) in [5.74, 6) is 0.758. The summed E-state index contributed by atoms with van der Waals surface area (Å²) in [5.41, 5.74) is 1.38. The molecule has 0 saturated heterocycles. The maximum absolute atomic E-state index is 5.23. The van der Waals surface area contributed by atoms with Crippen LogP contribution in [0.4, 0.5) is 0 Å². The molecule has 2 heteroatoms. The highest BCUT2D eigenvalue weighted by molar-refractivity contribution is 9.10. The van der Waals surface area contributed by atoms with Crippen molar-refractivity contribution < 1.29 is 4.42 Å². The van der Waals surface area contributed by atoms with Crippen molar-refractivity contribution in [2.45, 2.75) is 38.0 Å². The van der Waals surface area contributed by atoms with Gasteiger partial charge in [-0.25, -0.2) is 0 Å². The number of rotatable bonds is 1. The Labute approximate surface area is 81.3 Å². The van der Waals surface area contributed by atoms with Gasteiger partial charge in [0.25, 0.3) is 0 Å². The SMILES string of the molecule is Brc1cc(C2CCCCC2)co1. The molecule has 66 valence electrons. The van der Waals surface area contributed by atoms with E-state index in [1.165, 1.54) is 37.7 Å². The first-order valence-electron chi connectivity index (χ1n) is 4.60. The Kier molecular flexibility index (Phi) is 2.54. The molecule has 0 amide bonds. The fraction of sp³-hybridized carbons (Fsp3) is 0.600. The van der Waals surface area contributed by atoms with Gasteiger partial charge in [0.1, 0.15) is 0 Å². The Morgan fingerprint density at radius 1 is 1.25 bits per heavy atom. The van der Waals surface area contributed by atoms with E-state index in [1.54, 1.807) is 0 Å². The molecule has 1 aliphatic carbocycles. The third-order valence-corrected chi connectivity index (χ3v) is 3.08. The maximum atomic E-state index is 5.23. The van der Waals surface area contributed by atoms with Gasteiger partial charge in [-0.15, -0.1) is 0 Å². The van der Waals surface area contributed by atoms with Crippen LogP contribution in [0.1, 0.15) is 43.6 Å². The molecule has 12 heavy (non-hydrogen) atoms. The monoisotopic (exact) mass is 228 g/mol. The summed E-state index contributed by atoms with van der Waals surface area (Å²) in [7, 11) is 0. The van der Waals surface area contributed by atoms with Gasteiger partial charge in [0, 0.05) is 0 Å². The van der Waals surface area contributed by atoms with Crippen LogP contribution in [0, 0.1) is 0 Å². The Bertz CT molecular complexity index is 248.